The highest BCUT2D eigenvalue weighted by Gasteiger charge is 2.20. The molecule has 3 rings (SSSR count). The Bertz CT molecular complexity index is 1100. The molecule has 2 aromatic carbocycles. The summed E-state index contributed by atoms with van der Waals surface area (Å²) in [6.07, 6.45) is 0.666. The summed E-state index contributed by atoms with van der Waals surface area (Å²) in [5, 5.41) is 6.07. The van der Waals surface area contributed by atoms with Gasteiger partial charge in [0.2, 0.25) is 0 Å². The number of carbonyl (C=O) groups is 2. The quantitative estimate of drug-likeness (QED) is 0.404. The summed E-state index contributed by atoms with van der Waals surface area (Å²) < 4.78 is 6.35. The average Bonchev–Trinajstić information content (AvgIpc) is 3.03. The Balaban J connectivity index is 1.64. The third kappa shape index (κ3) is 6.36. The number of nitrogens with two attached hydrogens (primary N) is 1. The minimum absolute atomic E-state index is 0.0689. The van der Waals surface area contributed by atoms with Gasteiger partial charge in [-0.3, -0.25) is 14.9 Å². The number of primary amides is 1. The van der Waals surface area contributed by atoms with Crippen molar-refractivity contribution in [1.29, 1.82) is 0 Å². The third-order valence-electron chi connectivity index (χ3n) is 4.36. The first-order chi connectivity index (χ1) is 14.8. The number of thiocarbonyl (C=S) groups is 1. The van der Waals surface area contributed by atoms with Crippen LogP contribution in [0.3, 0.4) is 0 Å². The third-order valence-corrected chi connectivity index (χ3v) is 6.30. The number of halogens is 1. The first-order valence-electron chi connectivity index (χ1n) is 9.28. The van der Waals surface area contributed by atoms with E-state index in [4.69, 9.17) is 22.7 Å². The highest BCUT2D eigenvalue weighted by Crippen LogP contribution is 2.34. The van der Waals surface area contributed by atoms with Crippen molar-refractivity contribution in [2.75, 3.05) is 11.9 Å². The van der Waals surface area contributed by atoms with Crippen molar-refractivity contribution in [1.82, 2.24) is 5.32 Å². The summed E-state index contributed by atoms with van der Waals surface area (Å²) >= 11 is 9.97. The summed E-state index contributed by atoms with van der Waals surface area (Å²) in [7, 11) is 0. The van der Waals surface area contributed by atoms with Gasteiger partial charge in [0.25, 0.3) is 11.8 Å². The van der Waals surface area contributed by atoms with Crippen molar-refractivity contribution in [3.05, 3.63) is 80.6 Å². The van der Waals surface area contributed by atoms with E-state index in [1.54, 1.807) is 12.1 Å². The summed E-state index contributed by atoms with van der Waals surface area (Å²) in [6, 6.07) is 17.0. The first-order valence-corrected chi connectivity index (χ1v) is 11.3. The summed E-state index contributed by atoms with van der Waals surface area (Å²) in [5.74, 6) is -0.408. The first kappa shape index (κ1) is 22.9. The molecule has 9 heteroatoms. The molecule has 0 aliphatic heterocycles. The van der Waals surface area contributed by atoms with Gasteiger partial charge in [-0.1, -0.05) is 46.3 Å². The lowest BCUT2D eigenvalue weighted by Crippen LogP contribution is -2.37. The fourth-order valence-corrected chi connectivity index (χ4v) is 4.67. The van der Waals surface area contributed by atoms with Crippen LogP contribution in [0.2, 0.25) is 0 Å². The van der Waals surface area contributed by atoms with E-state index in [9.17, 15) is 9.59 Å². The number of hydrogen-bond acceptors (Lipinski definition) is 5. The SMILES string of the molecule is Cc1c(Cc2ccccc2)sc(NC(=S)NC(=O)COc2ccc(Br)cc2)c1C(N)=O. The van der Waals surface area contributed by atoms with Crippen LogP contribution in [-0.2, 0) is 11.2 Å². The molecular weight excluding hydrogens is 498 g/mol. The van der Waals surface area contributed by atoms with Gasteiger partial charge in [0.15, 0.2) is 11.7 Å². The molecule has 0 saturated heterocycles. The second kappa shape index (κ2) is 10.5. The van der Waals surface area contributed by atoms with Gasteiger partial charge in [0.05, 0.1) is 5.56 Å². The molecule has 0 aliphatic carbocycles. The Morgan fingerprint density at radius 2 is 1.81 bits per heavy atom. The number of ether oxygens (including phenoxy) is 1. The molecule has 0 spiro atoms. The minimum Gasteiger partial charge on any atom is -0.484 e. The van der Waals surface area contributed by atoms with Gasteiger partial charge in [-0.2, -0.15) is 0 Å². The molecular formula is C22H20BrN3O3S2. The Morgan fingerprint density at radius 3 is 2.45 bits per heavy atom. The highest BCUT2D eigenvalue weighted by molar-refractivity contribution is 9.10. The molecule has 0 atom stereocenters. The number of rotatable bonds is 7. The normalized spacial score (nSPS) is 10.4. The van der Waals surface area contributed by atoms with E-state index in [1.807, 2.05) is 49.4 Å². The zero-order valence-electron chi connectivity index (χ0n) is 16.6. The molecule has 31 heavy (non-hydrogen) atoms. The largest absolute Gasteiger partial charge is 0.484 e. The van der Waals surface area contributed by atoms with E-state index >= 15 is 0 Å². The fraction of sp³-hybridized carbons (Fsp3) is 0.136. The summed E-state index contributed by atoms with van der Waals surface area (Å²) in [4.78, 5) is 25.2. The minimum atomic E-state index is -0.553. The molecule has 1 heterocycles. The van der Waals surface area contributed by atoms with Gasteiger partial charge < -0.3 is 15.8 Å². The van der Waals surface area contributed by atoms with Crippen molar-refractivity contribution in [2.45, 2.75) is 13.3 Å². The summed E-state index contributed by atoms with van der Waals surface area (Å²) in [6.45, 7) is 1.66. The van der Waals surface area contributed by atoms with Gasteiger partial charge in [-0.05, 0) is 54.5 Å². The van der Waals surface area contributed by atoms with Crippen molar-refractivity contribution >= 4 is 61.4 Å². The number of amides is 2. The Labute approximate surface area is 197 Å². The molecule has 2 amide bonds. The average molecular weight is 518 g/mol. The fourth-order valence-electron chi connectivity index (χ4n) is 2.87. The van der Waals surface area contributed by atoms with Crippen LogP contribution >= 0.6 is 39.5 Å². The van der Waals surface area contributed by atoms with Gasteiger partial charge in [-0.15, -0.1) is 11.3 Å². The van der Waals surface area contributed by atoms with Crippen LogP contribution in [-0.4, -0.2) is 23.5 Å². The molecule has 0 radical (unpaired) electrons. The molecule has 3 aromatic rings. The van der Waals surface area contributed by atoms with E-state index in [1.165, 1.54) is 11.3 Å². The van der Waals surface area contributed by atoms with Gasteiger partial charge in [0.1, 0.15) is 10.8 Å². The zero-order chi connectivity index (χ0) is 22.4. The van der Waals surface area contributed by atoms with Crippen molar-refractivity contribution in [2.24, 2.45) is 5.73 Å². The van der Waals surface area contributed by atoms with Crippen molar-refractivity contribution < 1.29 is 14.3 Å². The van der Waals surface area contributed by atoms with E-state index < -0.39 is 11.8 Å². The molecule has 0 bridgehead atoms. The Morgan fingerprint density at radius 1 is 1.13 bits per heavy atom. The second-order valence-electron chi connectivity index (χ2n) is 6.63. The maximum absolute atomic E-state index is 12.2. The zero-order valence-corrected chi connectivity index (χ0v) is 19.8. The van der Waals surface area contributed by atoms with Crippen molar-refractivity contribution in [3.8, 4) is 5.75 Å². The van der Waals surface area contributed by atoms with Crippen LogP contribution in [0.15, 0.2) is 59.1 Å². The molecule has 0 aliphatic rings. The molecule has 6 nitrogen and oxygen atoms in total. The van der Waals surface area contributed by atoms with E-state index in [-0.39, 0.29) is 11.7 Å². The Hall–Kier alpha value is -2.75. The lowest BCUT2D eigenvalue weighted by molar-refractivity contribution is -0.121. The number of thiophene rings is 1. The molecule has 0 unspecified atom stereocenters. The van der Waals surface area contributed by atoms with Gasteiger partial charge >= 0.3 is 0 Å². The second-order valence-corrected chi connectivity index (χ2v) is 9.05. The number of benzene rings is 2. The Kier molecular flexibility index (Phi) is 7.78. The number of nitrogens with one attached hydrogen (secondary N) is 2. The predicted molar refractivity (Wildman–Crippen MR) is 131 cm³/mol. The maximum atomic E-state index is 12.2. The topological polar surface area (TPSA) is 93.4 Å². The van der Waals surface area contributed by atoms with Crippen LogP contribution in [0.5, 0.6) is 5.75 Å². The monoisotopic (exact) mass is 517 g/mol. The smallest absolute Gasteiger partial charge is 0.264 e. The van der Waals surface area contributed by atoms with Gasteiger partial charge in [0, 0.05) is 15.8 Å². The van der Waals surface area contributed by atoms with Crippen LogP contribution in [0.1, 0.15) is 26.4 Å². The molecule has 0 fully saturated rings. The number of carbonyl (C=O) groups excluding carboxylic acids is 2. The lowest BCUT2D eigenvalue weighted by Gasteiger charge is -2.10. The predicted octanol–water partition coefficient (Wildman–Crippen LogP) is 4.40. The van der Waals surface area contributed by atoms with Crippen LogP contribution < -0.4 is 21.1 Å². The standard InChI is InChI=1S/C22H20BrN3O3S2/c1-13-17(11-14-5-3-2-4-6-14)31-21(19(13)20(24)28)26-22(30)25-18(27)12-29-16-9-7-15(23)8-10-16/h2-10H,11-12H2,1H3,(H2,24,28)(H2,25,26,27,30). The molecule has 0 saturated carbocycles. The number of anilines is 1. The van der Waals surface area contributed by atoms with Crippen molar-refractivity contribution in [3.63, 3.8) is 0 Å². The lowest BCUT2D eigenvalue weighted by atomic mass is 10.1. The van der Waals surface area contributed by atoms with E-state index in [0.29, 0.717) is 22.7 Å². The van der Waals surface area contributed by atoms with Crippen LogP contribution in [0.25, 0.3) is 0 Å². The molecule has 1 aromatic heterocycles. The number of hydrogen-bond donors (Lipinski definition) is 3. The van der Waals surface area contributed by atoms with E-state index in [2.05, 4.69) is 26.6 Å². The summed E-state index contributed by atoms with van der Waals surface area (Å²) in [5.41, 5.74) is 7.89. The molecule has 4 N–H and O–H groups in total. The van der Waals surface area contributed by atoms with Crippen LogP contribution in [0.4, 0.5) is 5.00 Å². The van der Waals surface area contributed by atoms with E-state index in [0.717, 1.165) is 20.5 Å². The highest BCUT2D eigenvalue weighted by atomic mass is 79.9. The maximum Gasteiger partial charge on any atom is 0.264 e. The van der Waals surface area contributed by atoms with Gasteiger partial charge in [-0.25, -0.2) is 0 Å². The molecule has 160 valence electrons. The van der Waals surface area contributed by atoms with Crippen LogP contribution in [0, 0.1) is 6.92 Å².